The van der Waals surface area contributed by atoms with Crippen molar-refractivity contribution in [3.8, 4) is 6.07 Å². The maximum Gasteiger partial charge on any atom is 0.266 e. The molecule has 1 aliphatic rings. The minimum absolute atomic E-state index is 0.0445. The van der Waals surface area contributed by atoms with Crippen LogP contribution in [-0.2, 0) is 0 Å². The molecule has 0 bridgehead atoms. The van der Waals surface area contributed by atoms with E-state index in [1.165, 1.54) is 11.3 Å². The molecule has 6 nitrogen and oxygen atoms in total. The molecule has 1 fully saturated rings. The first kappa shape index (κ1) is 18.5. The van der Waals surface area contributed by atoms with Gasteiger partial charge in [0.15, 0.2) is 0 Å². The lowest BCUT2D eigenvalue weighted by molar-refractivity contribution is 0.0517. The molecule has 138 valence electrons. The molecule has 0 aliphatic carbocycles. The van der Waals surface area contributed by atoms with Crippen LogP contribution in [0.2, 0.25) is 0 Å². The highest BCUT2D eigenvalue weighted by Gasteiger charge is 2.33. The first-order valence-electron chi connectivity index (χ1n) is 9.02. The minimum atomic E-state index is -0.0445. The van der Waals surface area contributed by atoms with Crippen LogP contribution >= 0.6 is 11.3 Å². The van der Waals surface area contributed by atoms with Gasteiger partial charge in [-0.2, -0.15) is 5.26 Å². The quantitative estimate of drug-likeness (QED) is 0.833. The number of carbonyl (C=O) groups is 1. The SMILES string of the molecule is CC(C)c1c(C#N)c(N)nc2sc(C(=O)N3[C@@H](C)CCC[C@@H]3C)c(N)c12. The molecule has 0 aromatic carbocycles. The predicted molar refractivity (Wildman–Crippen MR) is 106 cm³/mol. The molecule has 7 heteroatoms. The zero-order chi connectivity index (χ0) is 19.2. The van der Waals surface area contributed by atoms with Gasteiger partial charge in [0.1, 0.15) is 21.6 Å². The highest BCUT2D eigenvalue weighted by molar-refractivity contribution is 7.21. The molecule has 0 radical (unpaired) electrons. The summed E-state index contributed by atoms with van der Waals surface area (Å²) in [5.41, 5.74) is 14.0. The van der Waals surface area contributed by atoms with Crippen LogP contribution in [0.3, 0.4) is 0 Å². The number of hydrogen-bond acceptors (Lipinski definition) is 6. The maximum atomic E-state index is 13.3. The Morgan fingerprint density at radius 1 is 1.31 bits per heavy atom. The molecule has 1 saturated heterocycles. The number of thiophene rings is 1. The number of carbonyl (C=O) groups excluding carboxylic acids is 1. The number of likely N-dealkylation sites (tertiary alicyclic amines) is 1. The second-order valence-corrected chi connectivity index (χ2v) is 8.42. The van der Waals surface area contributed by atoms with Crippen LogP contribution in [0.15, 0.2) is 0 Å². The lowest BCUT2D eigenvalue weighted by Crippen LogP contribution is -2.47. The number of rotatable bonds is 2. The fourth-order valence-corrected chi connectivity index (χ4v) is 5.06. The molecular formula is C19H25N5OS. The van der Waals surface area contributed by atoms with E-state index in [0.29, 0.717) is 26.3 Å². The highest BCUT2D eigenvalue weighted by atomic mass is 32.1. The van der Waals surface area contributed by atoms with E-state index in [9.17, 15) is 10.1 Å². The Kier molecular flexibility index (Phi) is 4.80. The van der Waals surface area contributed by atoms with Crippen molar-refractivity contribution in [2.24, 2.45) is 0 Å². The summed E-state index contributed by atoms with van der Waals surface area (Å²) in [6.45, 7) is 8.15. The Labute approximate surface area is 157 Å². The first-order valence-corrected chi connectivity index (χ1v) is 9.83. The standard InChI is InChI=1S/C19H25N5OS/c1-9(2)13-12(8-20)17(22)23-18-14(13)15(21)16(26-18)19(25)24-10(3)6-5-7-11(24)4/h9-11H,5-7,21H2,1-4H3,(H2,22,23)/t10-,11-/m0/s1. The van der Waals surface area contributed by atoms with Crippen LogP contribution < -0.4 is 11.5 Å². The molecule has 3 heterocycles. The van der Waals surface area contributed by atoms with Gasteiger partial charge in [-0.3, -0.25) is 4.79 Å². The van der Waals surface area contributed by atoms with Crippen LogP contribution in [0, 0.1) is 11.3 Å². The van der Waals surface area contributed by atoms with Gasteiger partial charge in [0.2, 0.25) is 0 Å². The zero-order valence-electron chi connectivity index (χ0n) is 15.7. The average Bonchev–Trinajstić information content (AvgIpc) is 2.89. The van der Waals surface area contributed by atoms with Gasteiger partial charge >= 0.3 is 0 Å². The molecule has 2 aromatic heterocycles. The molecule has 0 saturated carbocycles. The van der Waals surface area contributed by atoms with Crippen LogP contribution in [0.4, 0.5) is 11.5 Å². The third-order valence-corrected chi connectivity index (χ3v) is 6.34. The maximum absolute atomic E-state index is 13.3. The Morgan fingerprint density at radius 3 is 2.46 bits per heavy atom. The van der Waals surface area contributed by atoms with Gasteiger partial charge in [0.05, 0.1) is 11.3 Å². The Bertz CT molecular complexity index is 901. The van der Waals surface area contributed by atoms with Crippen molar-refractivity contribution in [2.75, 3.05) is 11.5 Å². The molecule has 0 unspecified atom stereocenters. The topological polar surface area (TPSA) is 109 Å². The number of amides is 1. The van der Waals surface area contributed by atoms with Gasteiger partial charge < -0.3 is 16.4 Å². The normalized spacial score (nSPS) is 20.5. The third-order valence-electron chi connectivity index (χ3n) is 5.25. The number of aromatic nitrogens is 1. The van der Waals surface area contributed by atoms with Crippen LogP contribution in [0.5, 0.6) is 0 Å². The fourth-order valence-electron chi connectivity index (χ4n) is 3.99. The average molecular weight is 372 g/mol. The molecule has 26 heavy (non-hydrogen) atoms. The lowest BCUT2D eigenvalue weighted by atomic mass is 9.94. The summed E-state index contributed by atoms with van der Waals surface area (Å²) in [7, 11) is 0. The Morgan fingerprint density at radius 2 is 1.92 bits per heavy atom. The van der Waals surface area contributed by atoms with Crippen molar-refractivity contribution in [2.45, 2.75) is 65.0 Å². The lowest BCUT2D eigenvalue weighted by Gasteiger charge is -2.38. The van der Waals surface area contributed by atoms with Crippen molar-refractivity contribution >= 4 is 39.0 Å². The van der Waals surface area contributed by atoms with Crippen molar-refractivity contribution < 1.29 is 4.79 Å². The number of fused-ring (bicyclic) bond motifs is 1. The number of pyridine rings is 1. The van der Waals surface area contributed by atoms with Gasteiger partial charge in [0, 0.05) is 17.5 Å². The smallest absolute Gasteiger partial charge is 0.266 e. The number of nitrogens with zero attached hydrogens (tertiary/aromatic N) is 3. The van der Waals surface area contributed by atoms with Crippen LogP contribution in [-0.4, -0.2) is 27.9 Å². The zero-order valence-corrected chi connectivity index (χ0v) is 16.5. The first-order chi connectivity index (χ1) is 12.3. The Hall–Kier alpha value is -2.33. The summed E-state index contributed by atoms with van der Waals surface area (Å²) in [6.07, 6.45) is 3.14. The summed E-state index contributed by atoms with van der Waals surface area (Å²) < 4.78 is 0. The Balaban J connectivity index is 2.20. The van der Waals surface area contributed by atoms with Crippen molar-refractivity contribution in [1.82, 2.24) is 9.88 Å². The summed E-state index contributed by atoms with van der Waals surface area (Å²) in [4.78, 5) is 20.7. The van der Waals surface area contributed by atoms with E-state index in [-0.39, 0.29) is 29.7 Å². The molecule has 1 amide bonds. The minimum Gasteiger partial charge on any atom is -0.397 e. The second kappa shape index (κ2) is 6.76. The summed E-state index contributed by atoms with van der Waals surface area (Å²) in [5.74, 6) is 0.200. The number of hydrogen-bond donors (Lipinski definition) is 2. The number of nitrogen functional groups attached to an aromatic ring is 2. The van der Waals surface area contributed by atoms with Gasteiger partial charge in [-0.25, -0.2) is 4.98 Å². The van der Waals surface area contributed by atoms with E-state index in [4.69, 9.17) is 11.5 Å². The van der Waals surface area contributed by atoms with Gasteiger partial charge in [-0.1, -0.05) is 13.8 Å². The van der Waals surface area contributed by atoms with E-state index in [2.05, 4.69) is 24.9 Å². The van der Waals surface area contributed by atoms with E-state index in [0.717, 1.165) is 24.8 Å². The number of nitrogens with two attached hydrogens (primary N) is 2. The molecular weight excluding hydrogens is 346 g/mol. The van der Waals surface area contributed by atoms with Gasteiger partial charge in [-0.05, 0) is 44.6 Å². The monoisotopic (exact) mass is 371 g/mol. The van der Waals surface area contributed by atoms with E-state index in [1.807, 2.05) is 18.7 Å². The van der Waals surface area contributed by atoms with Crippen molar-refractivity contribution in [3.05, 3.63) is 16.0 Å². The van der Waals surface area contributed by atoms with Crippen molar-refractivity contribution in [1.29, 1.82) is 5.26 Å². The molecule has 3 rings (SSSR count). The molecule has 2 atom stereocenters. The van der Waals surface area contributed by atoms with Gasteiger partial charge in [-0.15, -0.1) is 11.3 Å². The highest BCUT2D eigenvalue weighted by Crippen LogP contribution is 2.41. The molecule has 0 spiro atoms. The molecule has 4 N–H and O–H groups in total. The summed E-state index contributed by atoms with van der Waals surface area (Å²) >= 11 is 1.28. The summed E-state index contributed by atoms with van der Waals surface area (Å²) in [5, 5.41) is 10.2. The number of piperidine rings is 1. The molecule has 2 aromatic rings. The number of nitriles is 1. The molecule has 1 aliphatic heterocycles. The largest absolute Gasteiger partial charge is 0.397 e. The third kappa shape index (κ3) is 2.78. The van der Waals surface area contributed by atoms with E-state index in [1.54, 1.807) is 0 Å². The van der Waals surface area contributed by atoms with E-state index >= 15 is 0 Å². The second-order valence-electron chi connectivity index (χ2n) is 7.42. The van der Waals surface area contributed by atoms with Crippen LogP contribution in [0.1, 0.15) is 73.7 Å². The number of anilines is 2. The van der Waals surface area contributed by atoms with Crippen molar-refractivity contribution in [3.63, 3.8) is 0 Å². The summed E-state index contributed by atoms with van der Waals surface area (Å²) in [6, 6.07) is 2.52. The van der Waals surface area contributed by atoms with Gasteiger partial charge in [0.25, 0.3) is 5.91 Å². The van der Waals surface area contributed by atoms with E-state index < -0.39 is 0 Å². The fraction of sp³-hybridized carbons (Fsp3) is 0.526. The van der Waals surface area contributed by atoms with Crippen LogP contribution in [0.25, 0.3) is 10.2 Å². The predicted octanol–water partition coefficient (Wildman–Crippen LogP) is 3.86.